The van der Waals surface area contributed by atoms with E-state index in [1.807, 2.05) is 86.6 Å². The molecule has 2 aliphatic rings. The van der Waals surface area contributed by atoms with Crippen molar-refractivity contribution in [2.75, 3.05) is 0 Å². The smallest absolute Gasteiger partial charge is 0.165 e. The Balaban J connectivity index is 1.62. The van der Waals surface area contributed by atoms with Crippen molar-refractivity contribution >= 4 is 56.5 Å². The molecule has 2 N–H and O–H groups in total. The highest BCUT2D eigenvalue weighted by atomic mass is 35.5. The van der Waals surface area contributed by atoms with Gasteiger partial charge in [-0.2, -0.15) is 0 Å². The summed E-state index contributed by atoms with van der Waals surface area (Å²) in [5.41, 5.74) is 5.01. The van der Waals surface area contributed by atoms with Crippen molar-refractivity contribution in [2.45, 2.75) is 93.9 Å². The largest absolute Gasteiger partial charge is 0.324 e. The number of nitrogens with zero attached hydrogens (tertiary/aromatic N) is 6. The van der Waals surface area contributed by atoms with Crippen molar-refractivity contribution < 1.29 is 13.2 Å². The molecule has 0 fully saturated rings. The number of rotatable bonds is 4. The Morgan fingerprint density at radius 2 is 0.691 bits per heavy atom. The van der Waals surface area contributed by atoms with Crippen LogP contribution in [0.5, 0.6) is 0 Å². The summed E-state index contributed by atoms with van der Waals surface area (Å²) in [5, 5.41) is 0.484. The topological polar surface area (TPSA) is 109 Å². The van der Waals surface area contributed by atoms with Crippen LogP contribution in [-0.2, 0) is 10.8 Å². The Kier molecular flexibility index (Phi) is 11.3. The zero-order valence-corrected chi connectivity index (χ0v) is 41.2. The summed E-state index contributed by atoms with van der Waals surface area (Å²) >= 11 is 7.11. The van der Waals surface area contributed by atoms with Gasteiger partial charge < -0.3 is 9.97 Å². The molecule has 0 saturated carbocycles. The lowest BCUT2D eigenvalue weighted by atomic mass is 9.81. The first-order chi connectivity index (χ1) is 31.9. The Labute approximate surface area is 400 Å². The van der Waals surface area contributed by atoms with Crippen LogP contribution >= 0.6 is 11.6 Å². The van der Waals surface area contributed by atoms with Crippen molar-refractivity contribution in [3.05, 3.63) is 165 Å². The second-order valence-electron chi connectivity index (χ2n) is 21.5. The molecule has 68 heavy (non-hydrogen) atoms. The predicted molar refractivity (Wildman–Crippen MR) is 269 cm³/mol. The highest BCUT2D eigenvalue weighted by molar-refractivity contribution is 6.33. The summed E-state index contributed by atoms with van der Waals surface area (Å²) in [5.74, 6) is -0.444. The van der Waals surface area contributed by atoms with Crippen molar-refractivity contribution in [1.82, 2.24) is 39.9 Å². The fourth-order valence-electron chi connectivity index (χ4n) is 9.47. The minimum Gasteiger partial charge on any atom is -0.324 e. The average molecular weight is 932 g/mol. The summed E-state index contributed by atoms with van der Waals surface area (Å²) < 4.78 is 49.3. The van der Waals surface area contributed by atoms with Gasteiger partial charge >= 0.3 is 0 Å². The molecule has 0 unspecified atom stereocenters. The van der Waals surface area contributed by atoms with Gasteiger partial charge in [-0.1, -0.05) is 167 Å². The molecule has 346 valence electrons. The third-order valence-corrected chi connectivity index (χ3v) is 12.5. The molecular weight excluding hydrogens is 877 g/mol. The van der Waals surface area contributed by atoms with Gasteiger partial charge in [-0.25, -0.2) is 43.1 Å². The number of aromatic amines is 2. The summed E-state index contributed by atoms with van der Waals surface area (Å²) in [4.78, 5) is 39.0. The van der Waals surface area contributed by atoms with Gasteiger partial charge in [0, 0.05) is 71.8 Å². The number of hydrogen-bond acceptors (Lipinski definition) is 6. The quantitative estimate of drug-likeness (QED) is 0.182. The summed E-state index contributed by atoms with van der Waals surface area (Å²) in [6.07, 6.45) is 0. The molecule has 0 saturated heterocycles. The Bertz CT molecular complexity index is 3210. The van der Waals surface area contributed by atoms with E-state index in [0.29, 0.717) is 83.5 Å². The van der Waals surface area contributed by atoms with Crippen LogP contribution in [0.2, 0.25) is 5.02 Å². The van der Waals surface area contributed by atoms with Crippen LogP contribution in [-0.4, -0.2) is 39.9 Å². The molecule has 0 atom stereocenters. The molecule has 0 radical (unpaired) electrons. The van der Waals surface area contributed by atoms with Crippen molar-refractivity contribution in [2.24, 2.45) is 10.8 Å². The number of hydrogen-bond donors (Lipinski definition) is 2. The Morgan fingerprint density at radius 1 is 0.368 bits per heavy atom. The lowest BCUT2D eigenvalue weighted by Gasteiger charge is -2.22. The molecule has 5 heterocycles. The number of H-pyrrole nitrogens is 2. The molecule has 8 nitrogen and oxygen atoms in total. The Hall–Kier alpha value is -6.72. The first-order valence-electron chi connectivity index (χ1n) is 22.7. The molecule has 12 heteroatoms. The van der Waals surface area contributed by atoms with Crippen LogP contribution in [0.1, 0.15) is 129 Å². The van der Waals surface area contributed by atoms with E-state index in [0.717, 1.165) is 5.56 Å². The maximum absolute atomic E-state index is 16.4. The van der Waals surface area contributed by atoms with Crippen molar-refractivity contribution in [3.8, 4) is 22.3 Å². The minimum absolute atomic E-state index is 0.196. The monoisotopic (exact) mass is 930 g/mol. The number of allylic oxidation sites excluding steroid dienone is 2. The first kappa shape index (κ1) is 46.4. The van der Waals surface area contributed by atoms with E-state index in [2.05, 4.69) is 30.7 Å². The van der Waals surface area contributed by atoms with Crippen LogP contribution in [0.4, 0.5) is 13.2 Å². The number of nitrogens with one attached hydrogen (secondary N) is 2. The van der Waals surface area contributed by atoms with Crippen LogP contribution in [0.3, 0.4) is 0 Å². The standard InChI is InChI=1S/C56H54ClF3N8/c1-53(2,3)41-37(29-21-13-17-25-33(29)57)45-61-49(41)63-46-39(31-23-15-19-27-35(31)59)43(55(7,8)9)51(65-46)67-48-40(32-24-16-20-28-36(32)60)44(56(10,11)12)52(68-48)66-47-38(30-22-14-18-26-34(30)58)42(54(4,5)6)50(62-45)64-47/h13-28H,1-12H3,(H2,61,62,63,64,65,66,67,68). The third-order valence-electron chi connectivity index (χ3n) is 12.2. The molecule has 2 aliphatic heterocycles. The highest BCUT2D eigenvalue weighted by Gasteiger charge is 2.38. The van der Waals surface area contributed by atoms with Gasteiger partial charge in [0.25, 0.3) is 0 Å². The average Bonchev–Trinajstić information content (AvgIpc) is 3.99. The molecule has 3 aromatic heterocycles. The van der Waals surface area contributed by atoms with Gasteiger partial charge in [0.1, 0.15) is 40.0 Å². The lowest BCUT2D eigenvalue weighted by Crippen LogP contribution is -2.13. The maximum atomic E-state index is 16.4. The van der Waals surface area contributed by atoms with Gasteiger partial charge in [0.2, 0.25) is 0 Å². The molecule has 0 spiro atoms. The molecule has 9 rings (SSSR count). The van der Waals surface area contributed by atoms with Crippen LogP contribution < -0.4 is 0 Å². The second kappa shape index (κ2) is 16.5. The van der Waals surface area contributed by atoms with E-state index < -0.39 is 39.1 Å². The van der Waals surface area contributed by atoms with Crippen molar-refractivity contribution in [1.29, 1.82) is 0 Å². The van der Waals surface area contributed by atoms with E-state index in [1.54, 1.807) is 54.6 Å². The van der Waals surface area contributed by atoms with Gasteiger partial charge in [-0.3, -0.25) is 0 Å². The van der Waals surface area contributed by atoms with Crippen LogP contribution in [0, 0.1) is 28.3 Å². The zero-order chi connectivity index (χ0) is 48.8. The molecule has 8 bridgehead atoms. The van der Waals surface area contributed by atoms with Gasteiger partial charge in [0.15, 0.2) is 23.3 Å². The normalized spacial score (nSPS) is 13.8. The SMILES string of the molecule is CC(C)(C)C1=C(c2ccccc2F)c2nc1nc1[nH]c(nc3nc(nc4[nH]c(n2)c(C(C)(C)C)c4-c2ccccc2Cl)C(C(C)(C)C)=C3c2ccccc2F)c(C(C)(C)C)c1-c1ccccc1F. The maximum Gasteiger partial charge on any atom is 0.165 e. The lowest BCUT2D eigenvalue weighted by molar-refractivity contribution is 0.564. The van der Waals surface area contributed by atoms with Gasteiger partial charge in [-0.15, -0.1) is 0 Å². The molecule has 7 aromatic rings. The van der Waals surface area contributed by atoms with Gasteiger partial charge in [-0.05, 0) is 45.9 Å². The number of aromatic nitrogens is 8. The first-order valence-corrected chi connectivity index (χ1v) is 23.1. The summed E-state index contributed by atoms with van der Waals surface area (Å²) in [6.45, 7) is 24.4. The summed E-state index contributed by atoms with van der Waals surface area (Å²) in [7, 11) is 0. The zero-order valence-electron chi connectivity index (χ0n) is 40.4. The third kappa shape index (κ3) is 8.14. The molecule has 0 amide bonds. The fraction of sp³-hybridized carbons (Fsp3) is 0.286. The number of benzene rings is 4. The van der Waals surface area contributed by atoms with Crippen molar-refractivity contribution in [3.63, 3.8) is 0 Å². The van der Waals surface area contributed by atoms with E-state index in [-0.39, 0.29) is 28.7 Å². The summed E-state index contributed by atoms with van der Waals surface area (Å²) in [6, 6.07) is 27.2. The highest BCUT2D eigenvalue weighted by Crippen LogP contribution is 2.49. The van der Waals surface area contributed by atoms with Crippen LogP contribution in [0.25, 0.3) is 67.1 Å². The van der Waals surface area contributed by atoms with E-state index in [4.69, 9.17) is 41.5 Å². The van der Waals surface area contributed by atoms with E-state index in [1.165, 1.54) is 18.2 Å². The van der Waals surface area contributed by atoms with E-state index in [9.17, 15) is 0 Å². The number of halogens is 4. The fourth-order valence-corrected chi connectivity index (χ4v) is 9.70. The van der Waals surface area contributed by atoms with Crippen LogP contribution in [0.15, 0.2) is 97.1 Å². The molecule has 0 aliphatic carbocycles. The predicted octanol–water partition coefficient (Wildman–Crippen LogP) is 14.9. The molecular formula is C56H54ClF3N8. The minimum atomic E-state index is -0.690. The van der Waals surface area contributed by atoms with Gasteiger partial charge in [0.05, 0.1) is 0 Å². The molecule has 4 aromatic carbocycles. The number of fused-ring (bicyclic) bond motifs is 8. The van der Waals surface area contributed by atoms with E-state index >= 15 is 13.2 Å². The Morgan fingerprint density at radius 3 is 1.04 bits per heavy atom. The second-order valence-corrected chi connectivity index (χ2v) is 21.9.